The minimum Gasteiger partial charge on any atom is -0.466 e. The van der Waals surface area contributed by atoms with E-state index in [1.807, 2.05) is 19.9 Å². The third-order valence-electron chi connectivity index (χ3n) is 4.38. The average molecular weight is 218 g/mol. The fraction of sp³-hybridized carbons (Fsp3) is 0.643. The maximum Gasteiger partial charge on any atom is 0.169 e. The zero-order valence-corrected chi connectivity index (χ0v) is 9.95. The number of hydrogen-bond acceptors (Lipinski definition) is 2. The van der Waals surface area contributed by atoms with Gasteiger partial charge in [-0.2, -0.15) is 0 Å². The molecule has 2 heteroatoms. The van der Waals surface area contributed by atoms with Crippen molar-refractivity contribution in [2.24, 2.45) is 17.8 Å². The molecule has 2 fully saturated rings. The fourth-order valence-corrected chi connectivity index (χ4v) is 3.64. The molecule has 2 aliphatic rings. The molecule has 2 nitrogen and oxygen atoms in total. The second kappa shape index (κ2) is 3.47. The van der Waals surface area contributed by atoms with Crippen molar-refractivity contribution in [3.8, 4) is 0 Å². The van der Waals surface area contributed by atoms with Gasteiger partial charge >= 0.3 is 0 Å². The number of Topliss-reactive ketones (excluding diaryl/α,β-unsaturated/α-hetero) is 1. The van der Waals surface area contributed by atoms with Crippen LogP contribution in [0, 0.1) is 31.6 Å². The van der Waals surface area contributed by atoms with Crippen molar-refractivity contribution in [3.05, 3.63) is 23.2 Å². The number of hydrogen-bond donors (Lipinski definition) is 0. The summed E-state index contributed by atoms with van der Waals surface area (Å²) < 4.78 is 5.45. The minimum atomic E-state index is 0.287. The molecule has 0 radical (unpaired) electrons. The monoisotopic (exact) mass is 218 g/mol. The molecule has 1 aromatic rings. The maximum absolute atomic E-state index is 12.4. The van der Waals surface area contributed by atoms with Crippen molar-refractivity contribution < 1.29 is 9.21 Å². The van der Waals surface area contributed by atoms with Crippen LogP contribution in [0.25, 0.3) is 0 Å². The van der Waals surface area contributed by atoms with Gasteiger partial charge in [0, 0.05) is 5.92 Å². The van der Waals surface area contributed by atoms with Crippen LogP contribution < -0.4 is 0 Å². The standard InChI is InChI=1S/C14H18O2/c1-8-5-12(9(2)16-8)14(15)13-7-10-3-4-11(13)6-10/h5,10-11,13H,3-4,6-7H2,1-2H3. The van der Waals surface area contributed by atoms with Gasteiger partial charge in [-0.05, 0) is 51.0 Å². The molecular weight excluding hydrogens is 200 g/mol. The summed E-state index contributed by atoms with van der Waals surface area (Å²) in [5, 5.41) is 0. The molecule has 86 valence electrons. The Bertz CT molecular complexity index is 430. The van der Waals surface area contributed by atoms with Gasteiger partial charge in [0.05, 0.1) is 5.56 Å². The summed E-state index contributed by atoms with van der Waals surface area (Å²) in [5.74, 6) is 3.75. The number of carbonyl (C=O) groups excluding carboxylic acids is 1. The summed E-state index contributed by atoms with van der Waals surface area (Å²) in [6.45, 7) is 3.80. The molecule has 0 aliphatic heterocycles. The predicted octanol–water partition coefficient (Wildman–Crippen LogP) is 3.52. The van der Waals surface area contributed by atoms with Gasteiger partial charge in [0.15, 0.2) is 5.78 Å². The largest absolute Gasteiger partial charge is 0.466 e. The van der Waals surface area contributed by atoms with Crippen LogP contribution in [0.3, 0.4) is 0 Å². The zero-order chi connectivity index (χ0) is 11.3. The minimum absolute atomic E-state index is 0.287. The molecule has 0 saturated heterocycles. The molecular formula is C14H18O2. The molecule has 1 aromatic heterocycles. The first kappa shape index (κ1) is 10.1. The van der Waals surface area contributed by atoms with Gasteiger partial charge in [0.2, 0.25) is 0 Å². The van der Waals surface area contributed by atoms with Crippen molar-refractivity contribution in [3.63, 3.8) is 0 Å². The van der Waals surface area contributed by atoms with Crippen molar-refractivity contribution >= 4 is 5.78 Å². The summed E-state index contributed by atoms with van der Waals surface area (Å²) in [6.07, 6.45) is 5.01. The Kier molecular flexibility index (Phi) is 2.20. The highest BCUT2D eigenvalue weighted by molar-refractivity contribution is 5.99. The molecule has 3 rings (SSSR count). The predicted molar refractivity (Wildman–Crippen MR) is 61.5 cm³/mol. The molecule has 16 heavy (non-hydrogen) atoms. The third-order valence-corrected chi connectivity index (χ3v) is 4.38. The summed E-state index contributed by atoms with van der Waals surface area (Å²) in [6, 6.07) is 1.91. The number of rotatable bonds is 2. The number of fused-ring (bicyclic) bond motifs is 2. The number of furan rings is 1. The van der Waals surface area contributed by atoms with E-state index in [0.717, 1.165) is 29.4 Å². The van der Waals surface area contributed by atoms with E-state index in [1.54, 1.807) is 0 Å². The van der Waals surface area contributed by atoms with E-state index in [4.69, 9.17) is 4.42 Å². The molecule has 2 saturated carbocycles. The summed E-state index contributed by atoms with van der Waals surface area (Å²) in [7, 11) is 0. The molecule has 0 spiro atoms. The average Bonchev–Trinajstić information content (AvgIpc) is 2.91. The Morgan fingerprint density at radius 1 is 1.31 bits per heavy atom. The number of carbonyl (C=O) groups is 1. The van der Waals surface area contributed by atoms with Crippen LogP contribution in [0.5, 0.6) is 0 Å². The van der Waals surface area contributed by atoms with Crippen LogP contribution in [-0.2, 0) is 0 Å². The van der Waals surface area contributed by atoms with Crippen LogP contribution in [0.1, 0.15) is 47.6 Å². The third kappa shape index (κ3) is 1.43. The lowest BCUT2D eigenvalue weighted by Gasteiger charge is -2.19. The lowest BCUT2D eigenvalue weighted by atomic mass is 9.83. The van der Waals surface area contributed by atoms with Gasteiger partial charge in [0.1, 0.15) is 11.5 Å². The first-order valence-electron chi connectivity index (χ1n) is 6.26. The second-order valence-electron chi connectivity index (χ2n) is 5.47. The molecule has 2 aliphatic carbocycles. The van der Waals surface area contributed by atoms with Gasteiger partial charge in [-0.25, -0.2) is 0 Å². The Hall–Kier alpha value is -1.05. The lowest BCUT2D eigenvalue weighted by Crippen LogP contribution is -2.21. The first-order valence-corrected chi connectivity index (χ1v) is 6.26. The molecule has 0 N–H and O–H groups in total. The molecule has 2 bridgehead atoms. The maximum atomic E-state index is 12.4. The van der Waals surface area contributed by atoms with Crippen LogP contribution in [0.15, 0.2) is 10.5 Å². The summed E-state index contributed by atoms with van der Waals surface area (Å²) in [4.78, 5) is 12.4. The number of aryl methyl sites for hydroxylation is 2. The van der Waals surface area contributed by atoms with Gasteiger partial charge in [-0.1, -0.05) is 6.42 Å². The van der Waals surface area contributed by atoms with Crippen molar-refractivity contribution in [2.45, 2.75) is 39.5 Å². The van der Waals surface area contributed by atoms with Crippen molar-refractivity contribution in [2.75, 3.05) is 0 Å². The van der Waals surface area contributed by atoms with E-state index in [2.05, 4.69) is 0 Å². The quantitative estimate of drug-likeness (QED) is 0.711. The van der Waals surface area contributed by atoms with Crippen molar-refractivity contribution in [1.82, 2.24) is 0 Å². The van der Waals surface area contributed by atoms with Crippen LogP contribution in [0.4, 0.5) is 0 Å². The van der Waals surface area contributed by atoms with Gasteiger partial charge in [-0.3, -0.25) is 4.79 Å². The van der Waals surface area contributed by atoms with E-state index < -0.39 is 0 Å². The smallest absolute Gasteiger partial charge is 0.169 e. The van der Waals surface area contributed by atoms with Gasteiger partial charge in [-0.15, -0.1) is 0 Å². The van der Waals surface area contributed by atoms with Crippen molar-refractivity contribution in [1.29, 1.82) is 0 Å². The molecule has 3 unspecified atom stereocenters. The SMILES string of the molecule is Cc1cc(C(=O)C2CC3CCC2C3)c(C)o1. The highest BCUT2D eigenvalue weighted by atomic mass is 16.3. The molecule has 0 amide bonds. The second-order valence-corrected chi connectivity index (χ2v) is 5.47. The Balaban J connectivity index is 1.86. The zero-order valence-electron chi connectivity index (χ0n) is 9.95. The van der Waals surface area contributed by atoms with Crippen LogP contribution in [-0.4, -0.2) is 5.78 Å². The van der Waals surface area contributed by atoms with Gasteiger partial charge in [0.25, 0.3) is 0 Å². The van der Waals surface area contributed by atoms with Crippen LogP contribution >= 0.6 is 0 Å². The highest BCUT2D eigenvalue weighted by Crippen LogP contribution is 2.49. The van der Waals surface area contributed by atoms with E-state index >= 15 is 0 Å². The first-order chi connectivity index (χ1) is 7.65. The molecule has 1 heterocycles. The van der Waals surface area contributed by atoms with Gasteiger partial charge < -0.3 is 4.42 Å². The summed E-state index contributed by atoms with van der Waals surface area (Å²) >= 11 is 0. The van der Waals surface area contributed by atoms with E-state index in [-0.39, 0.29) is 5.92 Å². The Morgan fingerprint density at radius 2 is 2.12 bits per heavy atom. The fourth-order valence-electron chi connectivity index (χ4n) is 3.64. The normalized spacial score (nSPS) is 32.2. The van der Waals surface area contributed by atoms with Crippen LogP contribution in [0.2, 0.25) is 0 Å². The summed E-state index contributed by atoms with van der Waals surface area (Å²) in [5.41, 5.74) is 0.829. The number of ketones is 1. The highest BCUT2D eigenvalue weighted by Gasteiger charge is 2.43. The topological polar surface area (TPSA) is 30.2 Å². The Labute approximate surface area is 96.0 Å². The van der Waals surface area contributed by atoms with E-state index in [0.29, 0.717) is 11.7 Å². The van der Waals surface area contributed by atoms with E-state index in [9.17, 15) is 4.79 Å². The van der Waals surface area contributed by atoms with E-state index in [1.165, 1.54) is 19.3 Å². The Morgan fingerprint density at radius 3 is 2.62 bits per heavy atom. The molecule has 3 atom stereocenters. The lowest BCUT2D eigenvalue weighted by molar-refractivity contribution is 0.0873. The molecule has 0 aromatic carbocycles.